The number of aliphatic hydroxyl groups excluding tert-OH is 1. The van der Waals surface area contributed by atoms with Crippen molar-refractivity contribution >= 4 is 9.84 Å². The van der Waals surface area contributed by atoms with Crippen molar-refractivity contribution in [1.29, 1.82) is 0 Å². The van der Waals surface area contributed by atoms with E-state index in [9.17, 15) is 13.5 Å². The molecule has 0 amide bonds. The SMILES string of the molecule is Cc1cccc(C(O)CNC(C)CS(C)(=O)=O)c1. The third kappa shape index (κ3) is 5.62. The summed E-state index contributed by atoms with van der Waals surface area (Å²) in [5.74, 6) is 0.0769. The second kappa shape index (κ2) is 6.31. The van der Waals surface area contributed by atoms with Crippen LogP contribution in [-0.2, 0) is 9.84 Å². The number of aliphatic hydroxyl groups is 1. The molecule has 2 atom stereocenters. The van der Waals surface area contributed by atoms with Gasteiger partial charge in [-0.1, -0.05) is 29.8 Å². The monoisotopic (exact) mass is 271 g/mol. The number of nitrogens with one attached hydrogen (secondary N) is 1. The molecule has 1 aromatic carbocycles. The maximum Gasteiger partial charge on any atom is 0.148 e. The van der Waals surface area contributed by atoms with Gasteiger partial charge in [0.1, 0.15) is 9.84 Å². The summed E-state index contributed by atoms with van der Waals surface area (Å²) in [6.45, 7) is 4.11. The van der Waals surface area contributed by atoms with Crippen LogP contribution in [0.1, 0.15) is 24.2 Å². The van der Waals surface area contributed by atoms with Crippen LogP contribution in [0.2, 0.25) is 0 Å². The highest BCUT2D eigenvalue weighted by molar-refractivity contribution is 7.90. The molecule has 4 nitrogen and oxygen atoms in total. The Morgan fingerprint density at radius 3 is 2.61 bits per heavy atom. The molecule has 0 aromatic heterocycles. The van der Waals surface area contributed by atoms with E-state index in [2.05, 4.69) is 5.32 Å². The summed E-state index contributed by atoms with van der Waals surface area (Å²) >= 11 is 0. The van der Waals surface area contributed by atoms with Gasteiger partial charge >= 0.3 is 0 Å². The molecule has 2 N–H and O–H groups in total. The molecule has 5 heteroatoms. The van der Waals surface area contributed by atoms with Gasteiger partial charge in [-0.05, 0) is 19.4 Å². The third-order valence-corrected chi connectivity index (χ3v) is 3.74. The summed E-state index contributed by atoms with van der Waals surface area (Å²) in [7, 11) is -2.99. The van der Waals surface area contributed by atoms with Crippen molar-refractivity contribution < 1.29 is 13.5 Å². The molecule has 0 saturated carbocycles. The molecule has 0 radical (unpaired) electrons. The molecule has 102 valence electrons. The zero-order valence-corrected chi connectivity index (χ0v) is 11.9. The van der Waals surface area contributed by atoms with Crippen molar-refractivity contribution in [2.45, 2.75) is 26.0 Å². The van der Waals surface area contributed by atoms with Crippen LogP contribution in [0.5, 0.6) is 0 Å². The molecular formula is C13H21NO3S. The highest BCUT2D eigenvalue weighted by Gasteiger charge is 2.13. The van der Waals surface area contributed by atoms with Crippen molar-refractivity contribution in [1.82, 2.24) is 5.32 Å². The van der Waals surface area contributed by atoms with Gasteiger partial charge in [-0.15, -0.1) is 0 Å². The topological polar surface area (TPSA) is 66.4 Å². The Hall–Kier alpha value is -0.910. The Labute approximate surface area is 109 Å². The predicted molar refractivity (Wildman–Crippen MR) is 73.3 cm³/mol. The average Bonchev–Trinajstić information content (AvgIpc) is 2.23. The second-order valence-corrected chi connectivity index (χ2v) is 7.02. The van der Waals surface area contributed by atoms with E-state index in [4.69, 9.17) is 0 Å². The molecular weight excluding hydrogens is 250 g/mol. The molecule has 2 unspecified atom stereocenters. The van der Waals surface area contributed by atoms with E-state index in [-0.39, 0.29) is 11.8 Å². The first kappa shape index (κ1) is 15.1. The Morgan fingerprint density at radius 2 is 2.06 bits per heavy atom. The fourth-order valence-electron chi connectivity index (χ4n) is 1.82. The highest BCUT2D eigenvalue weighted by Crippen LogP contribution is 2.13. The molecule has 0 aliphatic carbocycles. The van der Waals surface area contributed by atoms with Gasteiger partial charge < -0.3 is 10.4 Å². The van der Waals surface area contributed by atoms with E-state index >= 15 is 0 Å². The quantitative estimate of drug-likeness (QED) is 0.811. The van der Waals surface area contributed by atoms with Crippen molar-refractivity contribution in [3.8, 4) is 0 Å². The summed E-state index contributed by atoms with van der Waals surface area (Å²) < 4.78 is 22.2. The minimum Gasteiger partial charge on any atom is -0.387 e. The van der Waals surface area contributed by atoms with Crippen molar-refractivity contribution in [3.63, 3.8) is 0 Å². The van der Waals surface area contributed by atoms with Crippen LogP contribution >= 0.6 is 0 Å². The minimum absolute atomic E-state index is 0.0769. The first-order valence-electron chi connectivity index (χ1n) is 5.93. The number of hydrogen-bond donors (Lipinski definition) is 2. The second-order valence-electron chi connectivity index (χ2n) is 4.83. The van der Waals surface area contributed by atoms with Crippen LogP contribution in [0.15, 0.2) is 24.3 Å². The lowest BCUT2D eigenvalue weighted by Gasteiger charge is -2.17. The van der Waals surface area contributed by atoms with Crippen molar-refractivity contribution in [2.75, 3.05) is 18.6 Å². The molecule has 0 fully saturated rings. The zero-order chi connectivity index (χ0) is 13.8. The summed E-state index contributed by atoms with van der Waals surface area (Å²) in [6, 6.07) is 7.48. The Kier molecular flexibility index (Phi) is 5.31. The number of rotatable bonds is 6. The van der Waals surface area contributed by atoms with Gasteiger partial charge in [0.05, 0.1) is 11.9 Å². The van der Waals surface area contributed by atoms with Crippen LogP contribution in [0.4, 0.5) is 0 Å². The van der Waals surface area contributed by atoms with Crippen LogP contribution < -0.4 is 5.32 Å². The lowest BCUT2D eigenvalue weighted by Crippen LogP contribution is -2.35. The largest absolute Gasteiger partial charge is 0.387 e. The van der Waals surface area contributed by atoms with E-state index in [1.165, 1.54) is 6.26 Å². The van der Waals surface area contributed by atoms with E-state index in [0.29, 0.717) is 6.54 Å². The van der Waals surface area contributed by atoms with E-state index in [1.54, 1.807) is 6.92 Å². The van der Waals surface area contributed by atoms with Crippen LogP contribution in [0, 0.1) is 6.92 Å². The fraction of sp³-hybridized carbons (Fsp3) is 0.538. The van der Waals surface area contributed by atoms with E-state index in [1.807, 2.05) is 31.2 Å². The summed E-state index contributed by atoms with van der Waals surface area (Å²) in [5.41, 5.74) is 1.93. The molecule has 0 aliphatic heterocycles. The van der Waals surface area contributed by atoms with Crippen molar-refractivity contribution in [2.24, 2.45) is 0 Å². The normalized spacial score (nSPS) is 15.3. The number of sulfone groups is 1. The summed E-state index contributed by atoms with van der Waals surface area (Å²) in [5, 5.41) is 13.0. The predicted octanol–water partition coefficient (Wildman–Crippen LogP) is 1.05. The van der Waals surface area contributed by atoms with E-state index in [0.717, 1.165) is 11.1 Å². The van der Waals surface area contributed by atoms with Gasteiger partial charge in [0.15, 0.2) is 0 Å². The molecule has 18 heavy (non-hydrogen) atoms. The van der Waals surface area contributed by atoms with Gasteiger partial charge in [0.25, 0.3) is 0 Å². The Bertz CT molecular complexity index is 485. The van der Waals surface area contributed by atoms with E-state index < -0.39 is 15.9 Å². The molecule has 1 rings (SSSR count). The highest BCUT2D eigenvalue weighted by atomic mass is 32.2. The first-order valence-corrected chi connectivity index (χ1v) is 8.00. The molecule has 0 spiro atoms. The number of benzene rings is 1. The number of aryl methyl sites for hydroxylation is 1. The first-order chi connectivity index (χ1) is 8.28. The fourth-order valence-corrected chi connectivity index (χ4v) is 2.85. The van der Waals surface area contributed by atoms with Gasteiger partial charge in [-0.25, -0.2) is 8.42 Å². The molecule has 0 heterocycles. The lowest BCUT2D eigenvalue weighted by atomic mass is 10.1. The van der Waals surface area contributed by atoms with Crippen LogP contribution in [-0.4, -0.2) is 38.1 Å². The van der Waals surface area contributed by atoms with Gasteiger partial charge in [0.2, 0.25) is 0 Å². The Morgan fingerprint density at radius 1 is 1.39 bits per heavy atom. The minimum atomic E-state index is -2.99. The lowest BCUT2D eigenvalue weighted by molar-refractivity contribution is 0.171. The molecule has 0 bridgehead atoms. The zero-order valence-electron chi connectivity index (χ0n) is 11.1. The maximum atomic E-state index is 11.1. The smallest absolute Gasteiger partial charge is 0.148 e. The Balaban J connectivity index is 2.49. The molecule has 0 aliphatic rings. The number of hydrogen-bond acceptors (Lipinski definition) is 4. The van der Waals surface area contributed by atoms with Crippen molar-refractivity contribution in [3.05, 3.63) is 35.4 Å². The van der Waals surface area contributed by atoms with Crippen LogP contribution in [0.3, 0.4) is 0 Å². The van der Waals surface area contributed by atoms with Crippen LogP contribution in [0.25, 0.3) is 0 Å². The van der Waals surface area contributed by atoms with Gasteiger partial charge in [0, 0.05) is 18.8 Å². The van der Waals surface area contributed by atoms with Gasteiger partial charge in [-0.3, -0.25) is 0 Å². The molecule has 1 aromatic rings. The summed E-state index contributed by atoms with van der Waals surface area (Å²) in [6.07, 6.45) is 0.592. The summed E-state index contributed by atoms with van der Waals surface area (Å²) in [4.78, 5) is 0. The third-order valence-electron chi connectivity index (χ3n) is 2.64. The maximum absolute atomic E-state index is 11.1. The standard InChI is InChI=1S/C13H21NO3S/c1-10-5-4-6-12(7-10)13(15)8-14-11(2)9-18(3,16)17/h4-7,11,13-15H,8-9H2,1-3H3. The van der Waals surface area contributed by atoms with Gasteiger partial charge in [-0.2, -0.15) is 0 Å². The average molecular weight is 271 g/mol. The molecule has 0 saturated heterocycles.